The van der Waals surface area contributed by atoms with Crippen molar-refractivity contribution in [3.05, 3.63) is 22.5 Å². The van der Waals surface area contributed by atoms with Gasteiger partial charge in [-0.1, -0.05) is 0 Å². The normalized spacial score (nSPS) is 21.3. The van der Waals surface area contributed by atoms with Crippen LogP contribution in [0.5, 0.6) is 0 Å². The Kier molecular flexibility index (Phi) is 2.45. The monoisotopic (exact) mass is 196 g/mol. The highest BCUT2D eigenvalue weighted by Gasteiger charge is 2.16. The van der Waals surface area contributed by atoms with E-state index in [-0.39, 0.29) is 5.69 Å². The molecule has 1 unspecified atom stereocenters. The molecule has 14 heavy (non-hydrogen) atoms. The van der Waals surface area contributed by atoms with E-state index >= 15 is 0 Å². The third-order valence-electron chi connectivity index (χ3n) is 2.40. The fourth-order valence-corrected chi connectivity index (χ4v) is 1.69. The number of nitrogens with zero attached hydrogens (tertiary/aromatic N) is 3. The fourth-order valence-electron chi connectivity index (χ4n) is 1.69. The van der Waals surface area contributed by atoms with Gasteiger partial charge in [-0.2, -0.15) is 5.10 Å². The molecule has 0 bridgehead atoms. The molecule has 1 aromatic heterocycles. The highest BCUT2D eigenvalue weighted by atomic mass is 16.6. The summed E-state index contributed by atoms with van der Waals surface area (Å²) in [5.41, 5.74) is 0.0583. The molecular formula is C8H12N4O2. The maximum absolute atomic E-state index is 10.4. The van der Waals surface area contributed by atoms with Crippen molar-refractivity contribution in [1.82, 2.24) is 15.1 Å². The van der Waals surface area contributed by atoms with Crippen LogP contribution in [0.1, 0.15) is 12.8 Å². The first kappa shape index (κ1) is 9.14. The summed E-state index contributed by atoms with van der Waals surface area (Å²) in [4.78, 5) is 9.96. The smallest absolute Gasteiger partial charge is 0.306 e. The van der Waals surface area contributed by atoms with Gasteiger partial charge < -0.3 is 5.32 Å². The van der Waals surface area contributed by atoms with E-state index in [0.717, 1.165) is 13.0 Å². The molecule has 1 aliphatic heterocycles. The van der Waals surface area contributed by atoms with E-state index in [9.17, 15) is 10.1 Å². The second-order valence-electron chi connectivity index (χ2n) is 3.47. The topological polar surface area (TPSA) is 73.0 Å². The molecule has 1 aliphatic rings. The van der Waals surface area contributed by atoms with Crippen molar-refractivity contribution in [3.8, 4) is 0 Å². The van der Waals surface area contributed by atoms with Crippen molar-refractivity contribution in [1.29, 1.82) is 0 Å². The van der Waals surface area contributed by atoms with Gasteiger partial charge in [0.2, 0.25) is 0 Å². The average molecular weight is 196 g/mol. The van der Waals surface area contributed by atoms with Crippen LogP contribution in [-0.2, 0) is 6.54 Å². The Morgan fingerprint density at radius 2 is 2.64 bits per heavy atom. The quantitative estimate of drug-likeness (QED) is 0.565. The first-order chi connectivity index (χ1) is 6.75. The Morgan fingerprint density at radius 1 is 1.79 bits per heavy atom. The van der Waals surface area contributed by atoms with Gasteiger partial charge in [0, 0.05) is 6.04 Å². The molecule has 1 aromatic rings. The summed E-state index contributed by atoms with van der Waals surface area (Å²) < 4.78 is 1.63. The van der Waals surface area contributed by atoms with E-state index in [4.69, 9.17) is 0 Å². The predicted octanol–water partition coefficient (Wildman–Crippen LogP) is 0.543. The number of nitrogens with one attached hydrogen (secondary N) is 1. The Balaban J connectivity index is 1.98. The highest BCUT2D eigenvalue weighted by molar-refractivity contribution is 5.20. The molecule has 1 fully saturated rings. The van der Waals surface area contributed by atoms with Crippen LogP contribution in [0.2, 0.25) is 0 Å². The first-order valence-electron chi connectivity index (χ1n) is 4.66. The van der Waals surface area contributed by atoms with Crippen LogP contribution < -0.4 is 5.32 Å². The van der Waals surface area contributed by atoms with Crippen LogP contribution in [0, 0.1) is 10.1 Å². The minimum absolute atomic E-state index is 0.0583. The second kappa shape index (κ2) is 3.75. The zero-order valence-electron chi connectivity index (χ0n) is 7.72. The molecule has 0 amide bonds. The van der Waals surface area contributed by atoms with Crippen molar-refractivity contribution < 1.29 is 4.92 Å². The van der Waals surface area contributed by atoms with E-state index in [0.29, 0.717) is 12.6 Å². The van der Waals surface area contributed by atoms with Gasteiger partial charge in [0.15, 0.2) is 0 Å². The minimum atomic E-state index is -0.425. The largest absolute Gasteiger partial charge is 0.312 e. The van der Waals surface area contributed by atoms with E-state index in [1.807, 2.05) is 0 Å². The molecular weight excluding hydrogens is 184 g/mol. The summed E-state index contributed by atoms with van der Waals surface area (Å²) in [6.07, 6.45) is 5.05. The van der Waals surface area contributed by atoms with Crippen LogP contribution in [0.4, 0.5) is 5.69 Å². The van der Waals surface area contributed by atoms with Gasteiger partial charge >= 0.3 is 5.69 Å². The summed E-state index contributed by atoms with van der Waals surface area (Å²) in [6, 6.07) is 0.412. The third kappa shape index (κ3) is 1.90. The van der Waals surface area contributed by atoms with E-state index in [2.05, 4.69) is 10.4 Å². The van der Waals surface area contributed by atoms with Crippen molar-refractivity contribution in [2.75, 3.05) is 6.54 Å². The molecule has 1 N–H and O–H groups in total. The van der Waals surface area contributed by atoms with Crippen LogP contribution in [0.25, 0.3) is 0 Å². The lowest BCUT2D eigenvalue weighted by molar-refractivity contribution is -0.385. The molecule has 0 radical (unpaired) electrons. The number of hydrogen-bond acceptors (Lipinski definition) is 4. The van der Waals surface area contributed by atoms with Crippen LogP contribution in [-0.4, -0.2) is 27.3 Å². The summed E-state index contributed by atoms with van der Waals surface area (Å²) in [6.45, 7) is 1.75. The Bertz CT molecular complexity index is 330. The van der Waals surface area contributed by atoms with Gasteiger partial charge in [0.1, 0.15) is 12.4 Å². The zero-order valence-corrected chi connectivity index (χ0v) is 7.72. The molecule has 0 spiro atoms. The minimum Gasteiger partial charge on any atom is -0.312 e. The number of nitro groups is 1. The fraction of sp³-hybridized carbons (Fsp3) is 0.625. The molecule has 1 atom stereocenters. The predicted molar refractivity (Wildman–Crippen MR) is 49.9 cm³/mol. The van der Waals surface area contributed by atoms with E-state index in [1.165, 1.54) is 18.8 Å². The lowest BCUT2D eigenvalue weighted by atomic mass is 10.2. The Hall–Kier alpha value is -1.43. The van der Waals surface area contributed by atoms with Gasteiger partial charge in [0.05, 0.1) is 11.5 Å². The van der Waals surface area contributed by atoms with Crippen molar-refractivity contribution >= 4 is 5.69 Å². The third-order valence-corrected chi connectivity index (χ3v) is 2.40. The number of rotatable bonds is 3. The maximum Gasteiger partial charge on any atom is 0.306 e. The van der Waals surface area contributed by atoms with Gasteiger partial charge in [-0.15, -0.1) is 0 Å². The highest BCUT2D eigenvalue weighted by Crippen LogP contribution is 2.11. The lowest BCUT2D eigenvalue weighted by Crippen LogP contribution is -2.26. The molecule has 0 saturated carbocycles. The maximum atomic E-state index is 10.4. The SMILES string of the molecule is O=[N+]([O-])c1cnn(CC2CCCN2)c1. The average Bonchev–Trinajstić information content (AvgIpc) is 2.75. The molecule has 2 heterocycles. The summed E-state index contributed by atoms with van der Waals surface area (Å²) in [5, 5.41) is 17.6. The van der Waals surface area contributed by atoms with Gasteiger partial charge in [-0.25, -0.2) is 0 Å². The van der Waals surface area contributed by atoms with Gasteiger partial charge in [-0.3, -0.25) is 14.8 Å². The van der Waals surface area contributed by atoms with Crippen molar-refractivity contribution in [3.63, 3.8) is 0 Å². The van der Waals surface area contributed by atoms with Gasteiger partial charge in [-0.05, 0) is 19.4 Å². The molecule has 6 heteroatoms. The molecule has 6 nitrogen and oxygen atoms in total. The van der Waals surface area contributed by atoms with Crippen molar-refractivity contribution in [2.24, 2.45) is 0 Å². The van der Waals surface area contributed by atoms with E-state index in [1.54, 1.807) is 4.68 Å². The zero-order chi connectivity index (χ0) is 9.97. The molecule has 1 saturated heterocycles. The standard InChI is InChI=1S/C8H12N4O2/c13-12(14)8-4-10-11(6-8)5-7-2-1-3-9-7/h4,6-7,9H,1-3,5H2. The summed E-state index contributed by atoms with van der Waals surface area (Å²) in [7, 11) is 0. The van der Waals surface area contributed by atoms with Gasteiger partial charge in [0.25, 0.3) is 0 Å². The molecule has 2 rings (SSSR count). The summed E-state index contributed by atoms with van der Waals surface area (Å²) >= 11 is 0. The van der Waals surface area contributed by atoms with Crippen LogP contribution >= 0.6 is 0 Å². The Labute approximate surface area is 81.1 Å². The lowest BCUT2D eigenvalue weighted by Gasteiger charge is -2.08. The molecule has 0 aliphatic carbocycles. The van der Waals surface area contributed by atoms with E-state index < -0.39 is 4.92 Å². The molecule has 0 aromatic carbocycles. The van der Waals surface area contributed by atoms with Crippen LogP contribution in [0.15, 0.2) is 12.4 Å². The first-order valence-corrected chi connectivity index (χ1v) is 4.66. The van der Waals surface area contributed by atoms with Crippen molar-refractivity contribution in [2.45, 2.75) is 25.4 Å². The van der Waals surface area contributed by atoms with Crippen LogP contribution in [0.3, 0.4) is 0 Å². The molecule has 76 valence electrons. The number of hydrogen-bond donors (Lipinski definition) is 1. The number of aromatic nitrogens is 2. The summed E-state index contributed by atoms with van der Waals surface area (Å²) in [5.74, 6) is 0. The second-order valence-corrected chi connectivity index (χ2v) is 3.47. The Morgan fingerprint density at radius 3 is 3.21 bits per heavy atom.